The first-order valence-electron chi connectivity index (χ1n) is 7.91. The average Bonchev–Trinajstić information content (AvgIpc) is 2.61. The number of halogens is 1. The molecule has 132 valence electrons. The van der Waals surface area contributed by atoms with Crippen LogP contribution < -0.4 is 14.8 Å². The van der Waals surface area contributed by atoms with Crippen LogP contribution in [0.25, 0.3) is 0 Å². The van der Waals surface area contributed by atoms with Crippen LogP contribution in [0.4, 0.5) is 0 Å². The minimum Gasteiger partial charge on any atom is -0.493 e. The highest BCUT2D eigenvalue weighted by Gasteiger charge is 2.23. The summed E-state index contributed by atoms with van der Waals surface area (Å²) in [6.07, 6.45) is 1.82. The van der Waals surface area contributed by atoms with Crippen molar-refractivity contribution < 1.29 is 19.1 Å². The first kappa shape index (κ1) is 18.4. The summed E-state index contributed by atoms with van der Waals surface area (Å²) in [5, 5.41) is 2.87. The number of rotatable bonds is 6. The Morgan fingerprint density at radius 3 is 2.46 bits per heavy atom. The monoisotopic (exact) mass is 354 g/mol. The van der Waals surface area contributed by atoms with Gasteiger partial charge in [-0.15, -0.1) is 11.6 Å². The molecule has 0 saturated carbocycles. The van der Waals surface area contributed by atoms with Gasteiger partial charge in [-0.25, -0.2) is 0 Å². The van der Waals surface area contributed by atoms with E-state index in [4.69, 9.17) is 21.1 Å². The molecule has 24 heavy (non-hydrogen) atoms. The van der Waals surface area contributed by atoms with Gasteiger partial charge in [-0.2, -0.15) is 0 Å². The number of amides is 2. The van der Waals surface area contributed by atoms with Crippen LogP contribution in [0.2, 0.25) is 0 Å². The van der Waals surface area contributed by atoms with Gasteiger partial charge in [0.15, 0.2) is 11.5 Å². The lowest BCUT2D eigenvalue weighted by Gasteiger charge is -2.32. The zero-order valence-corrected chi connectivity index (χ0v) is 14.8. The number of benzene rings is 1. The first-order valence-corrected chi connectivity index (χ1v) is 8.44. The fraction of sp³-hybridized carbons (Fsp3) is 0.529. The number of nitrogens with zero attached hydrogens (tertiary/aromatic N) is 1. The summed E-state index contributed by atoms with van der Waals surface area (Å²) in [6.45, 7) is 1.28. The summed E-state index contributed by atoms with van der Waals surface area (Å²) in [4.78, 5) is 25.6. The molecule has 1 saturated heterocycles. The van der Waals surface area contributed by atoms with Crippen LogP contribution in [-0.4, -0.2) is 55.9 Å². The van der Waals surface area contributed by atoms with Crippen molar-refractivity contribution in [2.75, 3.05) is 33.2 Å². The van der Waals surface area contributed by atoms with Crippen molar-refractivity contribution >= 4 is 23.4 Å². The van der Waals surface area contributed by atoms with Crippen molar-refractivity contribution in [2.24, 2.45) is 0 Å². The van der Waals surface area contributed by atoms with Gasteiger partial charge < -0.3 is 19.7 Å². The third-order valence-corrected chi connectivity index (χ3v) is 4.38. The van der Waals surface area contributed by atoms with Gasteiger partial charge in [-0.3, -0.25) is 9.59 Å². The molecule has 0 spiro atoms. The van der Waals surface area contributed by atoms with Crippen LogP contribution in [0.1, 0.15) is 18.4 Å². The van der Waals surface area contributed by atoms with Gasteiger partial charge in [-0.05, 0) is 30.5 Å². The fourth-order valence-electron chi connectivity index (χ4n) is 2.82. The standard InChI is InChI=1S/C17H23ClN2O4/c1-23-14-4-3-12(9-15(14)24-2)10-17(22)20-7-5-13(6-8-20)19-16(21)11-18/h3-4,9,13H,5-8,10-11H2,1-2H3,(H,19,21). The molecule has 0 aliphatic carbocycles. The number of carbonyl (C=O) groups is 2. The largest absolute Gasteiger partial charge is 0.493 e. The van der Waals surface area contributed by atoms with Gasteiger partial charge in [0.05, 0.1) is 20.6 Å². The van der Waals surface area contributed by atoms with Crippen LogP contribution in [-0.2, 0) is 16.0 Å². The van der Waals surface area contributed by atoms with Crippen LogP contribution in [0.5, 0.6) is 11.5 Å². The Kier molecular flexibility index (Phi) is 6.73. The van der Waals surface area contributed by atoms with Crippen LogP contribution in [0.3, 0.4) is 0 Å². The van der Waals surface area contributed by atoms with E-state index < -0.39 is 0 Å². The minimum atomic E-state index is -0.160. The van der Waals surface area contributed by atoms with E-state index in [-0.39, 0.29) is 23.7 Å². The number of hydrogen-bond donors (Lipinski definition) is 1. The second-order valence-corrected chi connectivity index (χ2v) is 5.99. The quantitative estimate of drug-likeness (QED) is 0.788. The van der Waals surface area contributed by atoms with Crippen molar-refractivity contribution in [3.8, 4) is 11.5 Å². The molecule has 6 nitrogen and oxygen atoms in total. The maximum absolute atomic E-state index is 12.5. The lowest BCUT2D eigenvalue weighted by molar-refractivity contribution is -0.131. The Morgan fingerprint density at radius 2 is 1.88 bits per heavy atom. The van der Waals surface area contributed by atoms with E-state index in [0.29, 0.717) is 31.0 Å². The maximum Gasteiger partial charge on any atom is 0.235 e. The average molecular weight is 355 g/mol. The lowest BCUT2D eigenvalue weighted by atomic mass is 10.0. The maximum atomic E-state index is 12.5. The van der Waals surface area contributed by atoms with Crippen molar-refractivity contribution in [3.05, 3.63) is 23.8 Å². The Balaban J connectivity index is 1.88. The number of likely N-dealkylation sites (tertiary alicyclic amines) is 1. The predicted octanol–water partition coefficient (Wildman–Crippen LogP) is 1.59. The third-order valence-electron chi connectivity index (χ3n) is 4.14. The van der Waals surface area contributed by atoms with Crippen molar-refractivity contribution in [1.82, 2.24) is 10.2 Å². The number of nitrogens with one attached hydrogen (secondary N) is 1. The Morgan fingerprint density at radius 1 is 1.21 bits per heavy atom. The van der Waals surface area contributed by atoms with E-state index in [0.717, 1.165) is 18.4 Å². The molecule has 0 aromatic heterocycles. The summed E-state index contributed by atoms with van der Waals surface area (Å²) in [7, 11) is 3.15. The van der Waals surface area contributed by atoms with Gasteiger partial charge >= 0.3 is 0 Å². The Hall–Kier alpha value is -1.95. The van der Waals surface area contributed by atoms with E-state index in [1.807, 2.05) is 17.0 Å². The second kappa shape index (κ2) is 8.78. The summed E-state index contributed by atoms with van der Waals surface area (Å²) in [6, 6.07) is 5.59. The molecule has 1 heterocycles. The highest BCUT2D eigenvalue weighted by atomic mass is 35.5. The van der Waals surface area contributed by atoms with Crippen LogP contribution in [0.15, 0.2) is 18.2 Å². The molecule has 7 heteroatoms. The van der Waals surface area contributed by atoms with Gasteiger partial charge in [0.1, 0.15) is 5.88 Å². The number of alkyl halides is 1. The summed E-state index contributed by atoms with van der Waals surface area (Å²) in [5.41, 5.74) is 0.884. The summed E-state index contributed by atoms with van der Waals surface area (Å²) >= 11 is 5.49. The van der Waals surface area contributed by atoms with Gasteiger partial charge in [0.25, 0.3) is 0 Å². The normalized spacial score (nSPS) is 15.0. The first-order chi connectivity index (χ1) is 11.6. The molecule has 0 radical (unpaired) electrons. The van der Waals surface area contributed by atoms with Gasteiger partial charge in [0, 0.05) is 19.1 Å². The molecule has 1 N–H and O–H groups in total. The fourth-order valence-corrected chi connectivity index (χ4v) is 2.89. The van der Waals surface area contributed by atoms with E-state index in [1.165, 1.54) is 0 Å². The topological polar surface area (TPSA) is 67.9 Å². The van der Waals surface area contributed by atoms with Crippen molar-refractivity contribution in [2.45, 2.75) is 25.3 Å². The van der Waals surface area contributed by atoms with Gasteiger partial charge in [0.2, 0.25) is 11.8 Å². The van der Waals surface area contributed by atoms with Crippen molar-refractivity contribution in [3.63, 3.8) is 0 Å². The summed E-state index contributed by atoms with van der Waals surface area (Å²) in [5.74, 6) is 1.14. The van der Waals surface area contributed by atoms with E-state index in [2.05, 4.69) is 5.32 Å². The van der Waals surface area contributed by atoms with E-state index in [9.17, 15) is 9.59 Å². The number of ether oxygens (including phenoxy) is 2. The smallest absolute Gasteiger partial charge is 0.235 e. The SMILES string of the molecule is COc1ccc(CC(=O)N2CCC(NC(=O)CCl)CC2)cc1OC. The highest BCUT2D eigenvalue weighted by molar-refractivity contribution is 6.27. The molecule has 1 aromatic carbocycles. The Bertz CT molecular complexity index is 586. The Labute approximate surface area is 147 Å². The molecule has 2 amide bonds. The number of carbonyl (C=O) groups excluding carboxylic acids is 2. The van der Waals surface area contributed by atoms with Crippen molar-refractivity contribution in [1.29, 1.82) is 0 Å². The molecule has 1 fully saturated rings. The predicted molar refractivity (Wildman–Crippen MR) is 91.7 cm³/mol. The molecule has 1 aromatic rings. The third kappa shape index (κ3) is 4.77. The molecule has 1 aliphatic heterocycles. The number of piperidine rings is 1. The minimum absolute atomic E-state index is 0.0293. The molecule has 0 atom stereocenters. The van der Waals surface area contributed by atoms with E-state index in [1.54, 1.807) is 20.3 Å². The molecule has 0 unspecified atom stereocenters. The summed E-state index contributed by atoms with van der Waals surface area (Å²) < 4.78 is 10.5. The molecule has 1 aliphatic rings. The number of methoxy groups -OCH3 is 2. The number of hydrogen-bond acceptors (Lipinski definition) is 4. The van der Waals surface area contributed by atoms with Crippen LogP contribution in [0, 0.1) is 0 Å². The second-order valence-electron chi connectivity index (χ2n) is 5.72. The zero-order valence-electron chi connectivity index (χ0n) is 14.0. The van der Waals surface area contributed by atoms with Crippen LogP contribution >= 0.6 is 11.6 Å². The van der Waals surface area contributed by atoms with E-state index >= 15 is 0 Å². The van der Waals surface area contributed by atoms with Gasteiger partial charge in [-0.1, -0.05) is 6.07 Å². The highest BCUT2D eigenvalue weighted by Crippen LogP contribution is 2.28. The molecular formula is C17H23ClN2O4. The lowest BCUT2D eigenvalue weighted by Crippen LogP contribution is -2.47. The molecule has 0 bridgehead atoms. The molecular weight excluding hydrogens is 332 g/mol. The zero-order chi connectivity index (χ0) is 17.5. The molecule has 2 rings (SSSR count).